The highest BCUT2D eigenvalue weighted by Gasteiger charge is 2.27. The fourth-order valence-electron chi connectivity index (χ4n) is 3.11. The molecule has 2 heterocycles. The fraction of sp³-hybridized carbons (Fsp3) is 0.190. The highest BCUT2D eigenvalue weighted by atomic mass is 32.2. The maximum Gasteiger partial charge on any atom is 0.231 e. The van der Waals surface area contributed by atoms with Gasteiger partial charge in [-0.25, -0.2) is 8.42 Å². The van der Waals surface area contributed by atoms with E-state index >= 15 is 0 Å². The van der Waals surface area contributed by atoms with E-state index in [0.717, 1.165) is 30.5 Å². The van der Waals surface area contributed by atoms with Crippen molar-refractivity contribution >= 4 is 38.3 Å². The quantitative estimate of drug-likeness (QED) is 0.399. The first-order chi connectivity index (χ1) is 15.0. The maximum absolute atomic E-state index is 12.1. The Morgan fingerprint density at radius 2 is 1.71 bits per heavy atom. The first-order valence-electron chi connectivity index (χ1n) is 9.78. The molecule has 0 radical (unpaired) electrons. The Labute approximate surface area is 178 Å². The van der Waals surface area contributed by atoms with Gasteiger partial charge in [-0.1, -0.05) is 18.2 Å². The van der Waals surface area contributed by atoms with E-state index in [-0.39, 0.29) is 16.7 Å². The van der Waals surface area contributed by atoms with Gasteiger partial charge in [0.25, 0.3) is 0 Å². The van der Waals surface area contributed by atoms with Crippen molar-refractivity contribution in [2.45, 2.75) is 23.9 Å². The summed E-state index contributed by atoms with van der Waals surface area (Å²) in [6, 6.07) is 17.2. The summed E-state index contributed by atoms with van der Waals surface area (Å²) < 4.78 is 30.0. The first-order valence-corrected chi connectivity index (χ1v) is 11.7. The van der Waals surface area contributed by atoms with Crippen LogP contribution in [0.2, 0.25) is 0 Å². The van der Waals surface area contributed by atoms with Crippen molar-refractivity contribution < 1.29 is 13.2 Å². The van der Waals surface area contributed by atoms with Crippen LogP contribution in [0, 0.1) is 0 Å². The summed E-state index contributed by atoms with van der Waals surface area (Å²) in [6.45, 7) is 0. The molecule has 0 unspecified atom stereocenters. The zero-order valence-electron chi connectivity index (χ0n) is 16.7. The number of aromatic nitrogens is 4. The Morgan fingerprint density at radius 3 is 2.39 bits per heavy atom. The van der Waals surface area contributed by atoms with Crippen LogP contribution in [0.3, 0.4) is 0 Å². The number of nitrogens with one attached hydrogen (secondary N) is 3. The molecule has 4 aromatic rings. The minimum Gasteiger partial charge on any atom is -0.457 e. The van der Waals surface area contributed by atoms with Gasteiger partial charge in [0, 0.05) is 18.0 Å². The molecule has 5 rings (SSSR count). The van der Waals surface area contributed by atoms with E-state index < -0.39 is 9.84 Å². The number of rotatable bonds is 7. The highest BCUT2D eigenvalue weighted by molar-refractivity contribution is 7.90. The second-order valence-electron chi connectivity index (χ2n) is 7.40. The van der Waals surface area contributed by atoms with Gasteiger partial charge in [-0.2, -0.15) is 15.1 Å². The zero-order valence-corrected chi connectivity index (χ0v) is 17.5. The normalized spacial score (nSPS) is 13.8. The molecule has 3 N–H and O–H groups in total. The summed E-state index contributed by atoms with van der Waals surface area (Å²) in [5.74, 6) is 2.23. The molecule has 1 fully saturated rings. The molecule has 0 aliphatic heterocycles. The number of aromatic amines is 1. The lowest BCUT2D eigenvalue weighted by atomic mass is 10.3. The van der Waals surface area contributed by atoms with Crippen LogP contribution in [0.4, 0.5) is 17.5 Å². The summed E-state index contributed by atoms with van der Waals surface area (Å²) in [5, 5.41) is 13.5. The lowest BCUT2D eigenvalue weighted by Crippen LogP contribution is -2.08. The minimum atomic E-state index is -3.50. The van der Waals surface area contributed by atoms with Gasteiger partial charge in [0.05, 0.1) is 0 Å². The van der Waals surface area contributed by atoms with E-state index in [1.165, 1.54) is 0 Å². The van der Waals surface area contributed by atoms with Crippen molar-refractivity contribution in [2.75, 3.05) is 16.9 Å². The van der Waals surface area contributed by atoms with Crippen molar-refractivity contribution in [2.24, 2.45) is 0 Å². The van der Waals surface area contributed by atoms with Gasteiger partial charge in [-0.05, 0) is 49.2 Å². The van der Waals surface area contributed by atoms with E-state index in [9.17, 15) is 8.42 Å². The lowest BCUT2D eigenvalue weighted by molar-refractivity contribution is 0.483. The van der Waals surface area contributed by atoms with Crippen LogP contribution < -0.4 is 15.4 Å². The molecule has 2 aromatic carbocycles. The van der Waals surface area contributed by atoms with Crippen LogP contribution in [0.1, 0.15) is 12.8 Å². The zero-order chi connectivity index (χ0) is 21.4. The number of benzene rings is 2. The summed E-state index contributed by atoms with van der Waals surface area (Å²) >= 11 is 0. The molecule has 0 atom stereocenters. The third-order valence-corrected chi connectivity index (χ3v) is 5.80. The molecular formula is C21H20N6O3S. The van der Waals surface area contributed by atoms with Gasteiger partial charge < -0.3 is 15.4 Å². The molecule has 31 heavy (non-hydrogen) atoms. The lowest BCUT2D eigenvalue weighted by Gasteiger charge is -2.10. The van der Waals surface area contributed by atoms with Gasteiger partial charge in [0.2, 0.25) is 5.95 Å². The predicted molar refractivity (Wildman–Crippen MR) is 118 cm³/mol. The van der Waals surface area contributed by atoms with E-state index in [4.69, 9.17) is 4.74 Å². The van der Waals surface area contributed by atoms with Gasteiger partial charge in [0.15, 0.2) is 20.5 Å². The minimum absolute atomic E-state index is 0.0135. The fourth-order valence-corrected chi connectivity index (χ4v) is 3.88. The standard InChI is InChI=1S/C21H20N6O3S/c1-31(28,29)20-17-18(22-13-7-8-13)24-21(25-19(17)26-27-20)23-14-9-11-16(12-10-14)30-15-5-3-2-4-6-15/h2-6,9-13H,7-8H2,1H3,(H3,22,23,24,25,26,27). The number of para-hydroxylation sites is 1. The summed E-state index contributed by atoms with van der Waals surface area (Å²) in [4.78, 5) is 8.91. The average molecular weight is 436 g/mol. The van der Waals surface area contributed by atoms with Crippen LogP contribution in [-0.4, -0.2) is 40.9 Å². The van der Waals surface area contributed by atoms with Crippen molar-refractivity contribution in [1.82, 2.24) is 20.2 Å². The van der Waals surface area contributed by atoms with Crippen molar-refractivity contribution in [3.05, 3.63) is 54.6 Å². The van der Waals surface area contributed by atoms with Crippen molar-refractivity contribution in [1.29, 1.82) is 0 Å². The van der Waals surface area contributed by atoms with Gasteiger partial charge in [-0.15, -0.1) is 0 Å². The summed E-state index contributed by atoms with van der Waals surface area (Å²) in [6.07, 6.45) is 3.17. The SMILES string of the molecule is CS(=O)(=O)c1[nH]nc2nc(Nc3ccc(Oc4ccccc4)cc3)nc(NC3CC3)c12. The number of fused-ring (bicyclic) bond motifs is 1. The first kappa shape index (κ1) is 19.3. The number of anilines is 3. The molecule has 0 amide bonds. The molecule has 10 heteroatoms. The number of hydrogen-bond acceptors (Lipinski definition) is 8. The summed E-state index contributed by atoms with van der Waals surface area (Å²) in [5.41, 5.74) is 1.04. The third-order valence-electron chi connectivity index (χ3n) is 4.76. The number of hydrogen-bond donors (Lipinski definition) is 3. The van der Waals surface area contributed by atoms with E-state index in [2.05, 4.69) is 30.8 Å². The molecule has 158 valence electrons. The van der Waals surface area contributed by atoms with Crippen molar-refractivity contribution in [3.63, 3.8) is 0 Å². The third kappa shape index (κ3) is 4.29. The van der Waals surface area contributed by atoms with Crippen molar-refractivity contribution in [3.8, 4) is 11.5 Å². The van der Waals surface area contributed by atoms with Gasteiger partial charge in [-0.3, -0.25) is 5.10 Å². The number of nitrogens with zero attached hydrogens (tertiary/aromatic N) is 3. The molecular weight excluding hydrogens is 416 g/mol. The molecule has 1 aliphatic rings. The molecule has 0 spiro atoms. The predicted octanol–water partition coefficient (Wildman–Crippen LogP) is 3.87. The maximum atomic E-state index is 12.1. The van der Waals surface area contributed by atoms with Crippen LogP contribution in [0.5, 0.6) is 11.5 Å². The number of ether oxygens (including phenoxy) is 1. The Kier molecular flexibility index (Phi) is 4.70. The van der Waals surface area contributed by atoms with Gasteiger partial charge in [0.1, 0.15) is 22.7 Å². The molecule has 0 saturated heterocycles. The molecule has 1 saturated carbocycles. The molecule has 9 nitrogen and oxygen atoms in total. The topological polar surface area (TPSA) is 122 Å². The van der Waals surface area contributed by atoms with E-state index in [0.29, 0.717) is 22.9 Å². The highest BCUT2D eigenvalue weighted by Crippen LogP contribution is 2.32. The Balaban J connectivity index is 1.42. The monoisotopic (exact) mass is 436 g/mol. The second kappa shape index (κ2) is 7.55. The largest absolute Gasteiger partial charge is 0.457 e. The van der Waals surface area contributed by atoms with Gasteiger partial charge >= 0.3 is 0 Å². The van der Waals surface area contributed by atoms with Crippen LogP contribution >= 0.6 is 0 Å². The molecule has 2 aromatic heterocycles. The van der Waals surface area contributed by atoms with Crippen LogP contribution in [0.25, 0.3) is 11.0 Å². The average Bonchev–Trinajstić information content (AvgIpc) is 3.44. The van der Waals surface area contributed by atoms with Crippen LogP contribution in [0.15, 0.2) is 59.6 Å². The Bertz CT molecular complexity index is 1330. The van der Waals surface area contributed by atoms with E-state index in [1.807, 2.05) is 54.6 Å². The van der Waals surface area contributed by atoms with E-state index in [1.54, 1.807) is 0 Å². The Morgan fingerprint density at radius 1 is 1.00 bits per heavy atom. The molecule has 0 bridgehead atoms. The summed E-state index contributed by atoms with van der Waals surface area (Å²) in [7, 11) is -3.50. The Hall–Kier alpha value is -3.66. The number of H-pyrrole nitrogens is 1. The smallest absolute Gasteiger partial charge is 0.231 e. The molecule has 1 aliphatic carbocycles. The van der Waals surface area contributed by atoms with Crippen LogP contribution in [-0.2, 0) is 9.84 Å². The number of sulfone groups is 1. The second-order valence-corrected chi connectivity index (χ2v) is 9.36.